The summed E-state index contributed by atoms with van der Waals surface area (Å²) in [7, 11) is 0. The molecule has 1 N–H and O–H groups in total. The van der Waals surface area contributed by atoms with Crippen LogP contribution >= 0.6 is 11.6 Å². The Morgan fingerprint density at radius 2 is 1.85 bits per heavy atom. The second kappa shape index (κ2) is 7.44. The van der Waals surface area contributed by atoms with Gasteiger partial charge in [0.25, 0.3) is 0 Å². The van der Waals surface area contributed by atoms with E-state index in [1.54, 1.807) is 31.2 Å². The van der Waals surface area contributed by atoms with Gasteiger partial charge in [-0.3, -0.25) is 9.59 Å². The van der Waals surface area contributed by atoms with Crippen LogP contribution in [0.3, 0.4) is 0 Å². The standard InChI is InChI=1S/C16H21ClO3/c1-3-10-16(2,15(19)20)13-8-6-12(7-9-13)14(18)5-4-11-17/h6-9H,3-5,10-11H2,1-2H3,(H,19,20). The van der Waals surface area contributed by atoms with Gasteiger partial charge in [-0.25, -0.2) is 0 Å². The van der Waals surface area contributed by atoms with Crippen LogP contribution in [0.25, 0.3) is 0 Å². The summed E-state index contributed by atoms with van der Waals surface area (Å²) in [5.41, 5.74) is 0.454. The van der Waals surface area contributed by atoms with Crippen LogP contribution in [0.5, 0.6) is 0 Å². The van der Waals surface area contributed by atoms with Crippen LogP contribution in [0, 0.1) is 0 Å². The molecule has 1 aromatic carbocycles. The van der Waals surface area contributed by atoms with Gasteiger partial charge >= 0.3 is 5.97 Å². The summed E-state index contributed by atoms with van der Waals surface area (Å²) in [6.45, 7) is 3.69. The number of aliphatic carboxylic acids is 1. The zero-order valence-corrected chi connectivity index (χ0v) is 12.7. The smallest absolute Gasteiger partial charge is 0.313 e. The van der Waals surface area contributed by atoms with E-state index in [2.05, 4.69) is 0 Å². The van der Waals surface area contributed by atoms with Crippen LogP contribution in [0.15, 0.2) is 24.3 Å². The quantitative estimate of drug-likeness (QED) is 0.582. The highest BCUT2D eigenvalue weighted by atomic mass is 35.5. The first-order valence-electron chi connectivity index (χ1n) is 6.88. The Balaban J connectivity index is 2.94. The molecular formula is C16H21ClO3. The molecule has 110 valence electrons. The molecule has 1 unspecified atom stereocenters. The Bertz CT molecular complexity index is 467. The van der Waals surface area contributed by atoms with Gasteiger partial charge in [0.1, 0.15) is 0 Å². The predicted octanol–water partition coefficient (Wildman–Crippen LogP) is 4.03. The van der Waals surface area contributed by atoms with Gasteiger partial charge in [0.2, 0.25) is 0 Å². The lowest BCUT2D eigenvalue weighted by Crippen LogP contribution is -2.32. The molecule has 0 aromatic heterocycles. The number of Topliss-reactive ketones (excluding diaryl/α,β-unsaturated/α-hetero) is 1. The van der Waals surface area contributed by atoms with Crippen LogP contribution in [0.2, 0.25) is 0 Å². The minimum absolute atomic E-state index is 0.0460. The number of halogens is 1. The molecule has 0 spiro atoms. The molecule has 1 rings (SSSR count). The van der Waals surface area contributed by atoms with Gasteiger partial charge in [-0.15, -0.1) is 11.6 Å². The fraction of sp³-hybridized carbons (Fsp3) is 0.500. The molecule has 0 aliphatic heterocycles. The van der Waals surface area contributed by atoms with Crippen molar-refractivity contribution in [3.8, 4) is 0 Å². The maximum Gasteiger partial charge on any atom is 0.313 e. The topological polar surface area (TPSA) is 54.4 Å². The number of carboxylic acid groups (broad SMARTS) is 1. The molecule has 1 atom stereocenters. The number of alkyl halides is 1. The molecular weight excluding hydrogens is 276 g/mol. The van der Waals surface area contributed by atoms with E-state index in [4.69, 9.17) is 11.6 Å². The van der Waals surface area contributed by atoms with Crippen molar-refractivity contribution in [3.05, 3.63) is 35.4 Å². The number of carbonyl (C=O) groups is 2. The Labute approximate surface area is 125 Å². The number of hydrogen-bond acceptors (Lipinski definition) is 2. The Kier molecular flexibility index (Phi) is 6.21. The lowest BCUT2D eigenvalue weighted by molar-refractivity contribution is -0.143. The molecule has 0 radical (unpaired) electrons. The van der Waals surface area contributed by atoms with Gasteiger partial charge in [-0.2, -0.15) is 0 Å². The van der Waals surface area contributed by atoms with Crippen molar-refractivity contribution >= 4 is 23.4 Å². The summed E-state index contributed by atoms with van der Waals surface area (Å²) in [4.78, 5) is 23.3. The lowest BCUT2D eigenvalue weighted by Gasteiger charge is -2.25. The minimum atomic E-state index is -0.896. The maximum absolute atomic E-state index is 11.8. The summed E-state index contributed by atoms with van der Waals surface area (Å²) in [5, 5.41) is 9.43. The van der Waals surface area contributed by atoms with Gasteiger partial charge in [-0.1, -0.05) is 37.6 Å². The van der Waals surface area contributed by atoms with Gasteiger partial charge < -0.3 is 5.11 Å². The van der Waals surface area contributed by atoms with E-state index in [9.17, 15) is 14.7 Å². The largest absolute Gasteiger partial charge is 0.481 e. The van der Waals surface area contributed by atoms with Crippen molar-refractivity contribution < 1.29 is 14.7 Å². The highest BCUT2D eigenvalue weighted by Crippen LogP contribution is 2.29. The predicted molar refractivity (Wildman–Crippen MR) is 80.6 cm³/mol. The van der Waals surface area contributed by atoms with Crippen LogP contribution < -0.4 is 0 Å². The van der Waals surface area contributed by atoms with E-state index in [1.165, 1.54) is 0 Å². The van der Waals surface area contributed by atoms with E-state index in [0.29, 0.717) is 30.7 Å². The lowest BCUT2D eigenvalue weighted by atomic mass is 9.78. The number of benzene rings is 1. The van der Waals surface area contributed by atoms with Crippen LogP contribution in [-0.4, -0.2) is 22.7 Å². The maximum atomic E-state index is 11.8. The van der Waals surface area contributed by atoms with Gasteiger partial charge in [0.15, 0.2) is 5.78 Å². The summed E-state index contributed by atoms with van der Waals surface area (Å²) < 4.78 is 0. The number of rotatable bonds is 8. The van der Waals surface area contributed by atoms with Crippen molar-refractivity contribution in [3.63, 3.8) is 0 Å². The van der Waals surface area contributed by atoms with Crippen molar-refractivity contribution in [2.75, 3.05) is 5.88 Å². The molecule has 0 bridgehead atoms. The highest BCUT2D eigenvalue weighted by Gasteiger charge is 2.34. The van der Waals surface area contributed by atoms with Gasteiger partial charge in [0, 0.05) is 17.9 Å². The molecule has 20 heavy (non-hydrogen) atoms. The molecule has 0 saturated heterocycles. The van der Waals surface area contributed by atoms with Crippen LogP contribution in [0.1, 0.15) is 55.5 Å². The summed E-state index contributed by atoms with van der Waals surface area (Å²) >= 11 is 5.57. The first-order valence-corrected chi connectivity index (χ1v) is 7.42. The van der Waals surface area contributed by atoms with Crippen molar-refractivity contribution in [2.45, 2.75) is 44.9 Å². The van der Waals surface area contributed by atoms with Crippen molar-refractivity contribution in [1.29, 1.82) is 0 Å². The van der Waals surface area contributed by atoms with E-state index in [-0.39, 0.29) is 5.78 Å². The van der Waals surface area contributed by atoms with Crippen LogP contribution in [0.4, 0.5) is 0 Å². The molecule has 0 saturated carbocycles. The van der Waals surface area contributed by atoms with Gasteiger partial charge in [0.05, 0.1) is 5.41 Å². The first kappa shape index (κ1) is 16.7. The SMILES string of the molecule is CCCC(C)(C(=O)O)c1ccc(C(=O)CCCCl)cc1. The summed E-state index contributed by atoms with van der Waals surface area (Å²) in [5.74, 6) is -0.317. The molecule has 0 aliphatic carbocycles. The Morgan fingerprint density at radius 1 is 1.25 bits per heavy atom. The van der Waals surface area contributed by atoms with E-state index in [0.717, 1.165) is 12.0 Å². The summed E-state index contributed by atoms with van der Waals surface area (Å²) in [6.07, 6.45) is 2.44. The normalized spacial score (nSPS) is 13.8. The second-order valence-electron chi connectivity index (χ2n) is 5.18. The van der Waals surface area contributed by atoms with Gasteiger partial charge in [-0.05, 0) is 25.3 Å². The minimum Gasteiger partial charge on any atom is -0.481 e. The number of hydrogen-bond donors (Lipinski definition) is 1. The van der Waals surface area contributed by atoms with E-state index in [1.807, 2.05) is 6.92 Å². The third kappa shape index (κ3) is 3.83. The van der Waals surface area contributed by atoms with E-state index >= 15 is 0 Å². The second-order valence-corrected chi connectivity index (χ2v) is 5.56. The fourth-order valence-corrected chi connectivity index (χ4v) is 2.40. The molecule has 3 nitrogen and oxygen atoms in total. The van der Waals surface area contributed by atoms with Crippen molar-refractivity contribution in [2.24, 2.45) is 0 Å². The Morgan fingerprint density at radius 3 is 2.30 bits per heavy atom. The third-order valence-electron chi connectivity index (χ3n) is 3.60. The number of carboxylic acids is 1. The molecule has 4 heteroatoms. The fourth-order valence-electron chi connectivity index (χ4n) is 2.27. The Hall–Kier alpha value is -1.35. The molecule has 0 fully saturated rings. The van der Waals surface area contributed by atoms with Crippen molar-refractivity contribution in [1.82, 2.24) is 0 Å². The summed E-state index contributed by atoms with van der Waals surface area (Å²) in [6, 6.07) is 6.92. The average molecular weight is 297 g/mol. The average Bonchev–Trinajstić information content (AvgIpc) is 2.44. The monoisotopic (exact) mass is 296 g/mol. The molecule has 0 aliphatic rings. The number of ketones is 1. The molecule has 0 amide bonds. The van der Waals surface area contributed by atoms with Crippen LogP contribution in [-0.2, 0) is 10.2 Å². The zero-order chi connectivity index (χ0) is 15.2. The number of carbonyl (C=O) groups excluding carboxylic acids is 1. The zero-order valence-electron chi connectivity index (χ0n) is 12.0. The third-order valence-corrected chi connectivity index (χ3v) is 3.87. The molecule has 0 heterocycles. The first-order chi connectivity index (χ1) is 9.45. The van der Waals surface area contributed by atoms with E-state index < -0.39 is 11.4 Å². The molecule has 1 aromatic rings. The highest BCUT2D eigenvalue weighted by molar-refractivity contribution is 6.18.